The number of amides is 1. The Morgan fingerprint density at radius 1 is 1.38 bits per heavy atom. The minimum Gasteiger partial charge on any atom is -0.490 e. The first-order valence-corrected chi connectivity index (χ1v) is 7.35. The van der Waals surface area contributed by atoms with Crippen molar-refractivity contribution < 1.29 is 14.5 Å². The number of carbonyl (C=O) groups excluding carboxylic acids is 1. The fourth-order valence-electron chi connectivity index (χ4n) is 2.42. The first kappa shape index (κ1) is 15.3. The molecular weight excluding hydrogens is 272 g/mol. The molecule has 0 spiro atoms. The Labute approximate surface area is 123 Å². The summed E-state index contributed by atoms with van der Waals surface area (Å²) in [5.74, 6) is 0.546. The molecular formula is C15H20N2O4. The van der Waals surface area contributed by atoms with E-state index in [9.17, 15) is 14.9 Å². The number of non-ortho nitro benzene ring substituents is 1. The van der Waals surface area contributed by atoms with Crippen LogP contribution in [0.2, 0.25) is 0 Å². The molecule has 0 N–H and O–H groups in total. The van der Waals surface area contributed by atoms with Gasteiger partial charge >= 0.3 is 0 Å². The highest BCUT2D eigenvalue weighted by atomic mass is 16.6. The zero-order valence-corrected chi connectivity index (χ0v) is 12.2. The topological polar surface area (TPSA) is 72.7 Å². The summed E-state index contributed by atoms with van der Waals surface area (Å²) in [6.07, 6.45) is 4.62. The van der Waals surface area contributed by atoms with Gasteiger partial charge in [-0.3, -0.25) is 14.9 Å². The van der Waals surface area contributed by atoms with Crippen LogP contribution in [0.4, 0.5) is 11.4 Å². The number of ether oxygens (including phenoxy) is 1. The van der Waals surface area contributed by atoms with Crippen molar-refractivity contribution in [1.82, 2.24) is 0 Å². The van der Waals surface area contributed by atoms with Gasteiger partial charge in [-0.15, -0.1) is 0 Å². The normalized spacial score (nSPS) is 13.5. The van der Waals surface area contributed by atoms with Crippen molar-refractivity contribution in [2.75, 3.05) is 18.1 Å². The molecule has 1 aromatic rings. The lowest BCUT2D eigenvalue weighted by Crippen LogP contribution is -2.37. The van der Waals surface area contributed by atoms with Crippen LogP contribution in [-0.4, -0.2) is 24.0 Å². The molecule has 6 nitrogen and oxygen atoms in total. The van der Waals surface area contributed by atoms with Gasteiger partial charge in [-0.05, 0) is 12.5 Å². The van der Waals surface area contributed by atoms with E-state index in [4.69, 9.17) is 4.74 Å². The molecule has 0 unspecified atom stereocenters. The monoisotopic (exact) mass is 292 g/mol. The largest absolute Gasteiger partial charge is 0.490 e. The molecule has 1 aromatic carbocycles. The second-order valence-corrected chi connectivity index (χ2v) is 5.11. The Balaban J connectivity index is 2.10. The molecule has 0 bridgehead atoms. The number of hydrogen-bond donors (Lipinski definition) is 0. The molecule has 0 radical (unpaired) electrons. The summed E-state index contributed by atoms with van der Waals surface area (Å²) in [7, 11) is 0. The third-order valence-corrected chi connectivity index (χ3v) is 3.56. The summed E-state index contributed by atoms with van der Waals surface area (Å²) in [6.45, 7) is 2.99. The first-order chi connectivity index (χ1) is 10.1. The van der Waals surface area contributed by atoms with E-state index in [0.717, 1.165) is 25.7 Å². The Morgan fingerprint density at radius 2 is 2.19 bits per heavy atom. The van der Waals surface area contributed by atoms with Gasteiger partial charge < -0.3 is 9.64 Å². The van der Waals surface area contributed by atoms with Crippen LogP contribution in [0.3, 0.4) is 0 Å². The highest BCUT2D eigenvalue weighted by molar-refractivity contribution is 5.95. The van der Waals surface area contributed by atoms with Crippen LogP contribution < -0.4 is 9.64 Å². The van der Waals surface area contributed by atoms with Crippen molar-refractivity contribution in [1.29, 1.82) is 0 Å². The number of carbonyl (C=O) groups is 1. The first-order valence-electron chi connectivity index (χ1n) is 7.35. The fraction of sp³-hybridized carbons (Fsp3) is 0.533. The molecule has 1 aliphatic heterocycles. The molecule has 2 rings (SSSR count). The van der Waals surface area contributed by atoms with E-state index < -0.39 is 4.92 Å². The van der Waals surface area contributed by atoms with Crippen LogP contribution in [0, 0.1) is 10.1 Å². The van der Waals surface area contributed by atoms with Crippen LogP contribution in [0.1, 0.15) is 39.0 Å². The Bertz CT molecular complexity index is 530. The van der Waals surface area contributed by atoms with Crippen molar-refractivity contribution in [3.63, 3.8) is 0 Å². The van der Waals surface area contributed by atoms with E-state index in [0.29, 0.717) is 31.0 Å². The van der Waals surface area contributed by atoms with Gasteiger partial charge in [-0.25, -0.2) is 0 Å². The quantitative estimate of drug-likeness (QED) is 0.458. The fourth-order valence-corrected chi connectivity index (χ4v) is 2.42. The molecule has 0 saturated carbocycles. The lowest BCUT2D eigenvalue weighted by Gasteiger charge is -2.29. The maximum atomic E-state index is 12.3. The van der Waals surface area contributed by atoms with Gasteiger partial charge in [-0.2, -0.15) is 0 Å². The smallest absolute Gasteiger partial charge is 0.271 e. The number of hydrogen-bond acceptors (Lipinski definition) is 4. The Kier molecular flexibility index (Phi) is 5.14. The van der Waals surface area contributed by atoms with Crippen molar-refractivity contribution >= 4 is 17.3 Å². The molecule has 0 fully saturated rings. The number of anilines is 1. The van der Waals surface area contributed by atoms with Gasteiger partial charge in [0.15, 0.2) is 0 Å². The third kappa shape index (κ3) is 3.71. The molecule has 21 heavy (non-hydrogen) atoms. The van der Waals surface area contributed by atoms with E-state index in [1.807, 2.05) is 0 Å². The number of fused-ring (bicyclic) bond motifs is 1. The van der Waals surface area contributed by atoms with E-state index >= 15 is 0 Å². The second kappa shape index (κ2) is 7.06. The summed E-state index contributed by atoms with van der Waals surface area (Å²) in [4.78, 5) is 24.3. The molecule has 1 aliphatic rings. The van der Waals surface area contributed by atoms with E-state index in [1.54, 1.807) is 11.0 Å². The maximum Gasteiger partial charge on any atom is 0.271 e. The molecule has 0 aliphatic carbocycles. The lowest BCUT2D eigenvalue weighted by molar-refractivity contribution is -0.384. The van der Waals surface area contributed by atoms with Gasteiger partial charge in [0.25, 0.3) is 5.69 Å². The van der Waals surface area contributed by atoms with Crippen LogP contribution in [0.25, 0.3) is 0 Å². The van der Waals surface area contributed by atoms with Gasteiger partial charge in [0.1, 0.15) is 12.4 Å². The van der Waals surface area contributed by atoms with Gasteiger partial charge in [0.05, 0.1) is 17.2 Å². The summed E-state index contributed by atoms with van der Waals surface area (Å²) in [5.41, 5.74) is 0.485. The molecule has 1 amide bonds. The molecule has 0 saturated heterocycles. The molecule has 114 valence electrons. The van der Waals surface area contributed by atoms with Crippen molar-refractivity contribution in [3.8, 4) is 5.75 Å². The van der Waals surface area contributed by atoms with Crippen LogP contribution in [0.5, 0.6) is 5.75 Å². The maximum absolute atomic E-state index is 12.3. The minimum atomic E-state index is -0.460. The van der Waals surface area contributed by atoms with Crippen LogP contribution >= 0.6 is 0 Å². The van der Waals surface area contributed by atoms with E-state index in [2.05, 4.69) is 6.92 Å². The third-order valence-electron chi connectivity index (χ3n) is 3.56. The van der Waals surface area contributed by atoms with E-state index in [-0.39, 0.29) is 11.6 Å². The number of nitro benzene ring substituents is 1. The number of unbranched alkanes of at least 4 members (excludes halogenated alkanes) is 3. The standard InChI is InChI=1S/C15H20N2O4/c1-2-3-4-5-6-15(18)16-9-10-21-14-8-7-12(17(19)20)11-13(14)16/h7-8,11H,2-6,9-10H2,1H3. The number of benzene rings is 1. The van der Waals surface area contributed by atoms with E-state index in [1.165, 1.54) is 12.1 Å². The second-order valence-electron chi connectivity index (χ2n) is 5.11. The molecule has 6 heteroatoms. The van der Waals surface area contributed by atoms with Gasteiger partial charge in [0.2, 0.25) is 5.91 Å². The molecule has 0 atom stereocenters. The van der Waals surface area contributed by atoms with Crippen molar-refractivity contribution in [2.45, 2.75) is 39.0 Å². The average Bonchev–Trinajstić information content (AvgIpc) is 2.50. The van der Waals surface area contributed by atoms with Crippen molar-refractivity contribution in [2.24, 2.45) is 0 Å². The highest BCUT2D eigenvalue weighted by Gasteiger charge is 2.25. The van der Waals surface area contributed by atoms with Crippen LogP contribution in [-0.2, 0) is 4.79 Å². The summed E-state index contributed by atoms with van der Waals surface area (Å²) in [6, 6.07) is 4.37. The zero-order chi connectivity index (χ0) is 15.2. The van der Waals surface area contributed by atoms with Crippen molar-refractivity contribution in [3.05, 3.63) is 28.3 Å². The summed E-state index contributed by atoms with van der Waals surface area (Å²) in [5, 5.41) is 10.9. The predicted octanol–water partition coefficient (Wildman–Crippen LogP) is 3.29. The number of nitro groups is 1. The molecule has 0 aromatic heterocycles. The minimum absolute atomic E-state index is 0.0103. The zero-order valence-electron chi connectivity index (χ0n) is 12.2. The highest BCUT2D eigenvalue weighted by Crippen LogP contribution is 2.35. The summed E-state index contributed by atoms with van der Waals surface area (Å²) < 4.78 is 5.47. The predicted molar refractivity (Wildman–Crippen MR) is 79.7 cm³/mol. The average molecular weight is 292 g/mol. The lowest BCUT2D eigenvalue weighted by atomic mass is 10.1. The Morgan fingerprint density at radius 3 is 2.90 bits per heavy atom. The number of nitrogens with zero attached hydrogens (tertiary/aromatic N) is 2. The molecule has 1 heterocycles. The Hall–Kier alpha value is -2.11. The van der Waals surface area contributed by atoms with Gasteiger partial charge in [-0.1, -0.05) is 26.2 Å². The van der Waals surface area contributed by atoms with Crippen LogP contribution in [0.15, 0.2) is 18.2 Å². The van der Waals surface area contributed by atoms with Gasteiger partial charge in [0, 0.05) is 18.6 Å². The summed E-state index contributed by atoms with van der Waals surface area (Å²) >= 11 is 0. The SMILES string of the molecule is CCCCCCC(=O)N1CCOc2ccc([N+](=O)[O-])cc21. The number of rotatable bonds is 6.